The first kappa shape index (κ1) is 14.4. The second-order valence-corrected chi connectivity index (χ2v) is 5.32. The van der Waals surface area contributed by atoms with Crippen molar-refractivity contribution in [1.82, 2.24) is 9.38 Å². The van der Waals surface area contributed by atoms with Gasteiger partial charge in [-0.3, -0.25) is 4.40 Å². The Morgan fingerprint density at radius 2 is 2.14 bits per heavy atom. The lowest BCUT2D eigenvalue weighted by Gasteiger charge is -2.03. The van der Waals surface area contributed by atoms with Gasteiger partial charge < -0.3 is 5.11 Å². The van der Waals surface area contributed by atoms with Gasteiger partial charge >= 0.3 is 5.97 Å². The van der Waals surface area contributed by atoms with E-state index in [9.17, 15) is 4.79 Å². The average Bonchev–Trinajstić information content (AvgIpc) is 2.86. The predicted octanol–water partition coefficient (Wildman–Crippen LogP) is 4.06. The number of aromatic nitrogens is 2. The molecule has 0 aliphatic carbocycles. The molecule has 0 saturated carbocycles. The van der Waals surface area contributed by atoms with Crippen molar-refractivity contribution in [1.29, 1.82) is 0 Å². The van der Waals surface area contributed by atoms with E-state index in [0.717, 1.165) is 34.2 Å². The van der Waals surface area contributed by atoms with E-state index in [1.807, 2.05) is 53.9 Å². The molecule has 0 aliphatic heterocycles. The van der Waals surface area contributed by atoms with Gasteiger partial charge in [-0.25, -0.2) is 9.78 Å². The number of aliphatic carboxylic acids is 1. The van der Waals surface area contributed by atoms with Crippen LogP contribution in [0.25, 0.3) is 23.0 Å². The maximum absolute atomic E-state index is 10.8. The Morgan fingerprint density at radius 1 is 1.32 bits per heavy atom. The van der Waals surface area contributed by atoms with Crippen LogP contribution in [0.5, 0.6) is 0 Å². The number of hydrogen-bond donors (Lipinski definition) is 1. The molecule has 0 unspecified atom stereocenters. The van der Waals surface area contributed by atoms with E-state index in [2.05, 4.69) is 4.98 Å². The number of aryl methyl sites for hydroxylation is 1. The number of fused-ring (bicyclic) bond motifs is 1. The lowest BCUT2D eigenvalue weighted by atomic mass is 10.1. The van der Waals surface area contributed by atoms with E-state index in [4.69, 9.17) is 16.7 Å². The fourth-order valence-electron chi connectivity index (χ4n) is 2.33. The van der Waals surface area contributed by atoms with Crippen LogP contribution >= 0.6 is 11.6 Å². The Labute approximate surface area is 132 Å². The Morgan fingerprint density at radius 3 is 2.86 bits per heavy atom. The average molecular weight is 313 g/mol. The number of carboxylic acids is 1. The molecular weight excluding hydrogens is 300 g/mol. The maximum atomic E-state index is 10.8. The number of pyridine rings is 1. The summed E-state index contributed by atoms with van der Waals surface area (Å²) in [4.78, 5) is 15.5. The fourth-order valence-corrected chi connectivity index (χ4v) is 2.45. The van der Waals surface area contributed by atoms with Gasteiger partial charge in [-0.05, 0) is 42.8 Å². The first-order valence-corrected chi connectivity index (χ1v) is 7.08. The molecule has 0 atom stereocenters. The number of hydrogen-bond acceptors (Lipinski definition) is 2. The van der Waals surface area contributed by atoms with Crippen LogP contribution < -0.4 is 0 Å². The third-order valence-corrected chi connectivity index (χ3v) is 3.81. The Bertz CT molecular complexity index is 897. The summed E-state index contributed by atoms with van der Waals surface area (Å²) in [5.74, 6) is -0.996. The Kier molecular flexibility index (Phi) is 3.69. The lowest BCUT2D eigenvalue weighted by Crippen LogP contribution is -1.91. The normalized spacial score (nSPS) is 11.4. The van der Waals surface area contributed by atoms with Gasteiger partial charge in [-0.15, -0.1) is 0 Å². The third-order valence-electron chi connectivity index (χ3n) is 3.38. The highest BCUT2D eigenvalue weighted by molar-refractivity contribution is 6.31. The number of benzene rings is 1. The summed E-state index contributed by atoms with van der Waals surface area (Å²) in [6, 6.07) is 11.3. The van der Waals surface area contributed by atoms with Crippen LogP contribution in [0.4, 0.5) is 0 Å². The van der Waals surface area contributed by atoms with Crippen LogP contribution in [-0.2, 0) is 4.79 Å². The topological polar surface area (TPSA) is 54.6 Å². The van der Waals surface area contributed by atoms with Crippen molar-refractivity contribution in [2.75, 3.05) is 0 Å². The molecule has 2 heterocycles. The number of halogens is 1. The zero-order valence-corrected chi connectivity index (χ0v) is 12.6. The summed E-state index contributed by atoms with van der Waals surface area (Å²) in [6.07, 6.45) is 4.53. The highest BCUT2D eigenvalue weighted by Crippen LogP contribution is 2.28. The minimum atomic E-state index is -0.996. The van der Waals surface area contributed by atoms with Crippen molar-refractivity contribution in [2.45, 2.75) is 6.92 Å². The molecule has 0 saturated heterocycles. The number of rotatable bonds is 3. The molecule has 1 N–H and O–H groups in total. The van der Waals surface area contributed by atoms with Crippen molar-refractivity contribution in [3.63, 3.8) is 0 Å². The maximum Gasteiger partial charge on any atom is 0.328 e. The van der Waals surface area contributed by atoms with Gasteiger partial charge in [0, 0.05) is 22.9 Å². The summed E-state index contributed by atoms with van der Waals surface area (Å²) >= 11 is 6.07. The van der Waals surface area contributed by atoms with Crippen LogP contribution in [-0.4, -0.2) is 20.5 Å². The molecule has 22 heavy (non-hydrogen) atoms. The van der Waals surface area contributed by atoms with Gasteiger partial charge in [0.15, 0.2) is 0 Å². The number of imidazole rings is 1. The molecule has 110 valence electrons. The van der Waals surface area contributed by atoms with Gasteiger partial charge in [0.2, 0.25) is 0 Å². The van der Waals surface area contributed by atoms with Crippen LogP contribution in [0.1, 0.15) is 11.3 Å². The van der Waals surface area contributed by atoms with Gasteiger partial charge in [-0.1, -0.05) is 23.7 Å². The second kappa shape index (κ2) is 5.66. The molecule has 0 radical (unpaired) electrons. The smallest absolute Gasteiger partial charge is 0.328 e. The first-order valence-electron chi connectivity index (χ1n) is 6.71. The monoisotopic (exact) mass is 312 g/mol. The minimum absolute atomic E-state index is 0.690. The summed E-state index contributed by atoms with van der Waals surface area (Å²) in [7, 11) is 0. The first-order chi connectivity index (χ1) is 10.6. The SMILES string of the molecule is Cc1cc(-c2nc3ccccn3c2/C=C/C(=O)O)ccc1Cl. The highest BCUT2D eigenvalue weighted by Gasteiger charge is 2.12. The largest absolute Gasteiger partial charge is 0.478 e. The molecule has 0 spiro atoms. The van der Waals surface area contributed by atoms with Gasteiger partial charge in [-0.2, -0.15) is 0 Å². The highest BCUT2D eigenvalue weighted by atomic mass is 35.5. The van der Waals surface area contributed by atoms with Crippen molar-refractivity contribution in [3.05, 3.63) is 65.0 Å². The van der Waals surface area contributed by atoms with E-state index < -0.39 is 5.97 Å². The summed E-state index contributed by atoms with van der Waals surface area (Å²) in [5, 5.41) is 9.58. The summed E-state index contributed by atoms with van der Waals surface area (Å²) in [6.45, 7) is 1.92. The molecule has 5 heteroatoms. The van der Waals surface area contributed by atoms with Crippen LogP contribution in [0.3, 0.4) is 0 Å². The van der Waals surface area contributed by atoms with Gasteiger partial charge in [0.1, 0.15) is 5.65 Å². The molecule has 0 amide bonds. The molecule has 2 aromatic heterocycles. The summed E-state index contributed by atoms with van der Waals surface area (Å²) in [5.41, 5.74) is 4.05. The standard InChI is InChI=1S/C17H13ClN2O2/c1-11-10-12(5-6-13(11)18)17-14(7-8-16(21)22)20-9-3-2-4-15(20)19-17/h2-10H,1H3,(H,21,22)/b8-7+. The molecule has 0 bridgehead atoms. The molecule has 0 aliphatic rings. The van der Waals surface area contributed by atoms with Crippen molar-refractivity contribution < 1.29 is 9.90 Å². The second-order valence-electron chi connectivity index (χ2n) is 4.91. The van der Waals surface area contributed by atoms with E-state index in [1.54, 1.807) is 6.08 Å². The number of carbonyl (C=O) groups is 1. The number of carboxylic acid groups (broad SMARTS) is 1. The van der Waals surface area contributed by atoms with Crippen molar-refractivity contribution in [2.24, 2.45) is 0 Å². The molecule has 4 nitrogen and oxygen atoms in total. The van der Waals surface area contributed by atoms with Gasteiger partial charge in [0.25, 0.3) is 0 Å². The molecular formula is C17H13ClN2O2. The number of nitrogens with zero attached hydrogens (tertiary/aromatic N) is 2. The Hall–Kier alpha value is -2.59. The quantitative estimate of drug-likeness (QED) is 0.742. The Balaban J connectivity index is 2.25. The van der Waals surface area contributed by atoms with Crippen LogP contribution in [0.15, 0.2) is 48.7 Å². The summed E-state index contributed by atoms with van der Waals surface area (Å²) < 4.78 is 1.86. The fraction of sp³-hybridized carbons (Fsp3) is 0.0588. The third kappa shape index (κ3) is 2.61. The minimum Gasteiger partial charge on any atom is -0.478 e. The lowest BCUT2D eigenvalue weighted by molar-refractivity contribution is -0.131. The molecule has 3 rings (SSSR count). The molecule has 0 fully saturated rings. The van der Waals surface area contributed by atoms with Crippen molar-refractivity contribution >= 4 is 29.3 Å². The van der Waals surface area contributed by atoms with Crippen LogP contribution in [0.2, 0.25) is 5.02 Å². The van der Waals surface area contributed by atoms with E-state index >= 15 is 0 Å². The molecule has 3 aromatic rings. The van der Waals surface area contributed by atoms with Crippen LogP contribution in [0, 0.1) is 6.92 Å². The zero-order chi connectivity index (χ0) is 15.7. The zero-order valence-electron chi connectivity index (χ0n) is 11.8. The van der Waals surface area contributed by atoms with Gasteiger partial charge in [0.05, 0.1) is 11.4 Å². The van der Waals surface area contributed by atoms with Crippen molar-refractivity contribution in [3.8, 4) is 11.3 Å². The predicted molar refractivity (Wildman–Crippen MR) is 87.0 cm³/mol. The molecule has 1 aromatic carbocycles. The van der Waals surface area contributed by atoms with E-state index in [-0.39, 0.29) is 0 Å². The van der Waals surface area contributed by atoms with E-state index in [1.165, 1.54) is 0 Å². The van der Waals surface area contributed by atoms with E-state index in [0.29, 0.717) is 5.02 Å².